The Morgan fingerprint density at radius 2 is 2.04 bits per heavy atom. The van der Waals surface area contributed by atoms with Gasteiger partial charge in [-0.15, -0.1) is 0 Å². The molecule has 6 nitrogen and oxygen atoms in total. The fourth-order valence-electron chi connectivity index (χ4n) is 3.16. The summed E-state index contributed by atoms with van der Waals surface area (Å²) in [6, 6.07) is 11.6. The van der Waals surface area contributed by atoms with Crippen molar-refractivity contribution in [3.8, 4) is 11.3 Å². The summed E-state index contributed by atoms with van der Waals surface area (Å²) in [4.78, 5) is 24.4. The van der Waals surface area contributed by atoms with Crippen molar-refractivity contribution in [2.24, 2.45) is 0 Å². The molecule has 1 aliphatic rings. The molecule has 1 aromatic heterocycles. The number of amides is 2. The van der Waals surface area contributed by atoms with Crippen LogP contribution in [0, 0.1) is 11.6 Å². The van der Waals surface area contributed by atoms with E-state index < -0.39 is 23.5 Å². The Kier molecular flexibility index (Phi) is 4.60. The fourth-order valence-corrected chi connectivity index (χ4v) is 3.16. The third-order valence-electron chi connectivity index (χ3n) is 4.51. The number of benzene rings is 2. The van der Waals surface area contributed by atoms with Gasteiger partial charge in [0.05, 0.1) is 12.5 Å². The molecule has 1 aliphatic heterocycles. The van der Waals surface area contributed by atoms with Gasteiger partial charge in [-0.3, -0.25) is 9.59 Å². The monoisotopic (exact) mass is 383 g/mol. The van der Waals surface area contributed by atoms with Crippen LogP contribution in [0.4, 0.5) is 14.5 Å². The Hall–Kier alpha value is -3.55. The molecule has 0 radical (unpaired) electrons. The normalized spacial score (nSPS) is 15.6. The number of nitrogens with zero attached hydrogens (tertiary/aromatic N) is 1. The summed E-state index contributed by atoms with van der Waals surface area (Å²) in [5.41, 5.74) is 1.44. The van der Waals surface area contributed by atoms with Crippen molar-refractivity contribution in [2.45, 2.75) is 18.9 Å². The Labute approximate surface area is 158 Å². The summed E-state index contributed by atoms with van der Waals surface area (Å²) in [6.07, 6.45) is -0.0842. The number of nitrogens with one attached hydrogen (secondary N) is 2. The van der Waals surface area contributed by atoms with Gasteiger partial charge < -0.3 is 15.2 Å². The molecular weight excluding hydrogens is 368 g/mol. The zero-order chi connectivity index (χ0) is 19.7. The molecule has 28 heavy (non-hydrogen) atoms. The van der Waals surface area contributed by atoms with Gasteiger partial charge in [-0.25, -0.2) is 8.78 Å². The molecule has 0 fully saturated rings. The predicted octanol–water partition coefficient (Wildman–Crippen LogP) is 3.36. The Balaban J connectivity index is 1.48. The van der Waals surface area contributed by atoms with Crippen LogP contribution in [0.25, 0.3) is 11.3 Å². The number of carbonyl (C=O) groups is 2. The highest BCUT2D eigenvalue weighted by Gasteiger charge is 2.31. The molecule has 2 N–H and O–H groups in total. The van der Waals surface area contributed by atoms with E-state index in [1.165, 1.54) is 30.3 Å². The average molecular weight is 383 g/mol. The van der Waals surface area contributed by atoms with E-state index in [1.54, 1.807) is 18.2 Å². The molecule has 3 aromatic rings. The molecule has 8 heteroatoms. The third-order valence-corrected chi connectivity index (χ3v) is 4.51. The van der Waals surface area contributed by atoms with Crippen LogP contribution in [-0.2, 0) is 16.1 Å². The summed E-state index contributed by atoms with van der Waals surface area (Å²) in [5, 5.41) is 9.10. The first-order valence-electron chi connectivity index (χ1n) is 8.59. The van der Waals surface area contributed by atoms with Gasteiger partial charge >= 0.3 is 0 Å². The highest BCUT2D eigenvalue weighted by Crippen LogP contribution is 2.33. The van der Waals surface area contributed by atoms with E-state index >= 15 is 0 Å². The van der Waals surface area contributed by atoms with Crippen molar-refractivity contribution in [2.75, 3.05) is 5.32 Å². The van der Waals surface area contributed by atoms with Crippen LogP contribution in [0.2, 0.25) is 0 Å². The Bertz CT molecular complexity index is 1060. The number of carbonyl (C=O) groups excluding carboxylic acids is 2. The molecular formula is C20H15F2N3O3. The smallest absolute Gasteiger partial charge is 0.228 e. The molecule has 0 saturated carbocycles. The number of halogens is 2. The van der Waals surface area contributed by atoms with Crippen molar-refractivity contribution < 1.29 is 22.9 Å². The van der Waals surface area contributed by atoms with Crippen LogP contribution >= 0.6 is 0 Å². The lowest BCUT2D eigenvalue weighted by atomic mass is 9.89. The van der Waals surface area contributed by atoms with E-state index in [9.17, 15) is 18.4 Å². The lowest BCUT2D eigenvalue weighted by molar-refractivity contribution is -0.126. The van der Waals surface area contributed by atoms with E-state index in [0.717, 1.165) is 0 Å². The first-order valence-corrected chi connectivity index (χ1v) is 8.59. The summed E-state index contributed by atoms with van der Waals surface area (Å²) in [6.45, 7) is 0.00303. The van der Waals surface area contributed by atoms with Crippen molar-refractivity contribution in [1.29, 1.82) is 0 Å². The molecule has 0 bridgehead atoms. The van der Waals surface area contributed by atoms with Crippen LogP contribution in [0.5, 0.6) is 0 Å². The molecule has 0 saturated heterocycles. The van der Waals surface area contributed by atoms with E-state index in [4.69, 9.17) is 4.52 Å². The van der Waals surface area contributed by atoms with E-state index in [1.807, 2.05) is 0 Å². The summed E-state index contributed by atoms with van der Waals surface area (Å²) in [7, 11) is 0. The minimum atomic E-state index is -0.812. The molecule has 142 valence electrons. The van der Waals surface area contributed by atoms with Gasteiger partial charge in [-0.2, -0.15) is 0 Å². The zero-order valence-electron chi connectivity index (χ0n) is 14.5. The largest absolute Gasteiger partial charge is 0.359 e. The maximum absolute atomic E-state index is 13.8. The van der Waals surface area contributed by atoms with Crippen LogP contribution in [0.3, 0.4) is 0 Å². The van der Waals surface area contributed by atoms with Gasteiger partial charge in [0.1, 0.15) is 17.3 Å². The molecule has 1 atom stereocenters. The average Bonchev–Trinajstić information content (AvgIpc) is 3.15. The number of hydrogen-bond acceptors (Lipinski definition) is 4. The standard InChI is InChI=1S/C20H15F2N3O3/c21-11-5-6-17-14(7-11)15(9-19(26)24-17)20(27)23-10-12-8-18(25-28-12)13-3-1-2-4-16(13)22/h1-8,15H,9-10H2,(H,23,27)(H,24,26). The van der Waals surface area contributed by atoms with Crippen molar-refractivity contribution in [1.82, 2.24) is 10.5 Å². The molecule has 2 aromatic carbocycles. The summed E-state index contributed by atoms with van der Waals surface area (Å²) in [5.74, 6) is -2.17. The molecule has 2 heterocycles. The van der Waals surface area contributed by atoms with Crippen molar-refractivity contribution in [3.63, 3.8) is 0 Å². The van der Waals surface area contributed by atoms with Gasteiger partial charge in [0.15, 0.2) is 5.76 Å². The Morgan fingerprint density at radius 3 is 2.86 bits per heavy atom. The SMILES string of the molecule is O=C1CC(C(=O)NCc2cc(-c3ccccc3F)no2)c2cc(F)ccc2N1. The first-order chi connectivity index (χ1) is 13.5. The third kappa shape index (κ3) is 3.48. The van der Waals surface area contributed by atoms with Crippen LogP contribution in [-0.4, -0.2) is 17.0 Å². The number of anilines is 1. The van der Waals surface area contributed by atoms with Crippen molar-refractivity contribution >= 4 is 17.5 Å². The summed E-state index contributed by atoms with van der Waals surface area (Å²) >= 11 is 0. The van der Waals surface area contributed by atoms with Crippen LogP contribution in [0.15, 0.2) is 53.1 Å². The van der Waals surface area contributed by atoms with E-state index in [-0.39, 0.29) is 24.4 Å². The molecule has 0 aliphatic carbocycles. The highest BCUT2D eigenvalue weighted by molar-refractivity contribution is 6.01. The van der Waals surface area contributed by atoms with Gasteiger partial charge in [0.2, 0.25) is 11.8 Å². The lowest BCUT2D eigenvalue weighted by Gasteiger charge is -2.24. The highest BCUT2D eigenvalue weighted by atomic mass is 19.1. The number of fused-ring (bicyclic) bond motifs is 1. The predicted molar refractivity (Wildman–Crippen MR) is 96.1 cm³/mol. The Morgan fingerprint density at radius 1 is 1.21 bits per heavy atom. The second kappa shape index (κ2) is 7.22. The maximum Gasteiger partial charge on any atom is 0.228 e. The van der Waals surface area contributed by atoms with Gasteiger partial charge in [0.25, 0.3) is 0 Å². The minimum absolute atomic E-state index is 0.00303. The second-order valence-electron chi connectivity index (χ2n) is 6.41. The van der Waals surface area contributed by atoms with Crippen LogP contribution in [0.1, 0.15) is 23.7 Å². The van der Waals surface area contributed by atoms with E-state index in [2.05, 4.69) is 15.8 Å². The van der Waals surface area contributed by atoms with Crippen molar-refractivity contribution in [3.05, 3.63) is 71.5 Å². The summed E-state index contributed by atoms with van der Waals surface area (Å²) < 4.78 is 32.6. The van der Waals surface area contributed by atoms with Gasteiger partial charge in [0, 0.05) is 23.7 Å². The number of hydrogen-bond donors (Lipinski definition) is 2. The molecule has 2 amide bonds. The zero-order valence-corrected chi connectivity index (χ0v) is 14.5. The quantitative estimate of drug-likeness (QED) is 0.724. The van der Waals surface area contributed by atoms with Crippen LogP contribution < -0.4 is 10.6 Å². The lowest BCUT2D eigenvalue weighted by Crippen LogP contribution is -2.34. The number of aromatic nitrogens is 1. The van der Waals surface area contributed by atoms with Gasteiger partial charge in [-0.1, -0.05) is 17.3 Å². The van der Waals surface area contributed by atoms with E-state index in [0.29, 0.717) is 22.7 Å². The number of rotatable bonds is 4. The second-order valence-corrected chi connectivity index (χ2v) is 6.41. The van der Waals surface area contributed by atoms with Gasteiger partial charge in [-0.05, 0) is 35.9 Å². The fraction of sp³-hybridized carbons (Fsp3) is 0.150. The molecule has 0 spiro atoms. The molecule has 4 rings (SSSR count). The maximum atomic E-state index is 13.8. The topological polar surface area (TPSA) is 84.2 Å². The molecule has 1 unspecified atom stereocenters. The minimum Gasteiger partial charge on any atom is -0.359 e. The first kappa shape index (κ1) is 17.8.